The Hall–Kier alpha value is -4.36. The van der Waals surface area contributed by atoms with Gasteiger partial charge in [-0.15, -0.1) is 0 Å². The quantitative estimate of drug-likeness (QED) is 0.118. The van der Waals surface area contributed by atoms with Gasteiger partial charge in [0.25, 0.3) is 0 Å². The van der Waals surface area contributed by atoms with E-state index in [2.05, 4.69) is 15.8 Å². The fourth-order valence-electron chi connectivity index (χ4n) is 4.14. The van der Waals surface area contributed by atoms with Crippen LogP contribution in [0.25, 0.3) is 0 Å². The van der Waals surface area contributed by atoms with Gasteiger partial charge in [-0.3, -0.25) is 9.59 Å². The molecule has 0 aliphatic heterocycles. The number of hydrogen-bond donors (Lipinski definition) is 2. The molecule has 4 rings (SSSR count). The average Bonchev–Trinajstić information content (AvgIpc) is 3.48. The van der Waals surface area contributed by atoms with E-state index in [9.17, 15) is 18.0 Å². The topological polar surface area (TPSA) is 140 Å². The third kappa shape index (κ3) is 9.32. The number of methoxy groups -OCH3 is 2. The van der Waals surface area contributed by atoms with Crippen molar-refractivity contribution < 1.29 is 31.9 Å². The van der Waals surface area contributed by atoms with Gasteiger partial charge in [-0.05, 0) is 78.2 Å². The summed E-state index contributed by atoms with van der Waals surface area (Å²) in [6.45, 7) is 0.151. The number of nitrogens with zero attached hydrogens (tertiary/aromatic N) is 2. The van der Waals surface area contributed by atoms with Gasteiger partial charge in [0.05, 0.1) is 31.9 Å². The van der Waals surface area contributed by atoms with Gasteiger partial charge in [-0.2, -0.15) is 9.41 Å². The summed E-state index contributed by atoms with van der Waals surface area (Å²) < 4.78 is 44.6. The Morgan fingerprint density at radius 2 is 1.49 bits per heavy atom. The molecule has 11 nitrogen and oxygen atoms in total. The van der Waals surface area contributed by atoms with Crippen molar-refractivity contribution in [1.29, 1.82) is 0 Å². The number of hydrogen-bond acceptors (Lipinski definition) is 8. The predicted molar refractivity (Wildman–Crippen MR) is 170 cm³/mol. The number of nitrogens with one attached hydrogen (secondary N) is 2. The zero-order chi connectivity index (χ0) is 32.4. The molecule has 1 aromatic heterocycles. The van der Waals surface area contributed by atoms with Crippen molar-refractivity contribution >= 4 is 51.3 Å². The summed E-state index contributed by atoms with van der Waals surface area (Å²) in [4.78, 5) is 24.4. The van der Waals surface area contributed by atoms with Crippen LogP contribution in [-0.4, -0.2) is 51.5 Å². The molecule has 0 bridgehead atoms. The van der Waals surface area contributed by atoms with Gasteiger partial charge < -0.3 is 19.2 Å². The van der Waals surface area contributed by atoms with Crippen LogP contribution in [0.1, 0.15) is 22.6 Å². The number of carbonyl (C=O) groups excluding carboxylic acids is 2. The number of furan rings is 1. The summed E-state index contributed by atoms with van der Waals surface area (Å²) in [6.07, 6.45) is 1.66. The lowest BCUT2D eigenvalue weighted by Crippen LogP contribution is -2.38. The number of ether oxygens (including phenoxy) is 2. The van der Waals surface area contributed by atoms with Gasteiger partial charge in [-0.25, -0.2) is 13.8 Å². The number of halogens is 2. The Kier molecular flexibility index (Phi) is 11.6. The smallest absolute Gasteiger partial charge is 0.329 e. The molecule has 45 heavy (non-hydrogen) atoms. The summed E-state index contributed by atoms with van der Waals surface area (Å²) in [5.41, 5.74) is 3.74. The molecular formula is C31H30Cl2N4O7S. The van der Waals surface area contributed by atoms with E-state index in [-0.39, 0.29) is 30.3 Å². The first kappa shape index (κ1) is 33.5. The van der Waals surface area contributed by atoms with Crippen molar-refractivity contribution in [2.75, 3.05) is 20.8 Å². The largest absolute Gasteiger partial charge is 0.493 e. The normalized spacial score (nSPS) is 11.5. The number of hydrazone groups is 1. The fraction of sp³-hybridized carbons (Fsp3) is 0.194. The SMILES string of the molecule is COc1ccc(CCNC(=O)C(=O)N/N=C/c2ccc(CN(Cc3ccc(Cl)cc3)S(=O)(=O)c3ccc(Cl)cc3)o2)cc1OC. The second kappa shape index (κ2) is 15.6. The minimum atomic E-state index is -3.95. The van der Waals surface area contributed by atoms with Crippen LogP contribution in [-0.2, 0) is 39.1 Å². The highest BCUT2D eigenvalue weighted by Crippen LogP contribution is 2.28. The predicted octanol–water partition coefficient (Wildman–Crippen LogP) is 4.80. The van der Waals surface area contributed by atoms with Crippen molar-refractivity contribution in [3.05, 3.63) is 112 Å². The molecule has 0 spiro atoms. The van der Waals surface area contributed by atoms with Gasteiger partial charge in [0.1, 0.15) is 11.5 Å². The van der Waals surface area contributed by atoms with Crippen LogP contribution in [0.5, 0.6) is 11.5 Å². The molecule has 0 radical (unpaired) electrons. The number of benzene rings is 3. The van der Waals surface area contributed by atoms with E-state index >= 15 is 0 Å². The maximum absolute atomic E-state index is 13.5. The van der Waals surface area contributed by atoms with Crippen LogP contribution in [0.15, 0.2) is 93.3 Å². The molecule has 14 heteroatoms. The average molecular weight is 674 g/mol. The van der Waals surface area contributed by atoms with Crippen LogP contribution in [0, 0.1) is 0 Å². The highest BCUT2D eigenvalue weighted by molar-refractivity contribution is 7.89. The van der Waals surface area contributed by atoms with Gasteiger partial charge >= 0.3 is 11.8 Å². The van der Waals surface area contributed by atoms with Crippen LogP contribution in [0.4, 0.5) is 0 Å². The molecule has 0 saturated carbocycles. The first-order valence-electron chi connectivity index (χ1n) is 13.5. The van der Waals surface area contributed by atoms with Crippen LogP contribution < -0.4 is 20.2 Å². The van der Waals surface area contributed by atoms with E-state index in [1.807, 2.05) is 6.07 Å². The van der Waals surface area contributed by atoms with E-state index < -0.39 is 21.8 Å². The molecule has 0 aliphatic rings. The molecule has 0 atom stereocenters. The second-order valence-electron chi connectivity index (χ2n) is 9.55. The summed E-state index contributed by atoms with van der Waals surface area (Å²) in [6, 6.07) is 21.2. The Balaban J connectivity index is 1.34. The number of carbonyl (C=O) groups is 2. The Bertz CT molecular complexity index is 1760. The Morgan fingerprint density at radius 1 is 0.844 bits per heavy atom. The molecule has 2 N–H and O–H groups in total. The summed E-state index contributed by atoms with van der Waals surface area (Å²) in [5.74, 6) is -0.125. The zero-order valence-electron chi connectivity index (χ0n) is 24.3. The minimum absolute atomic E-state index is 0.0451. The van der Waals surface area contributed by atoms with Crippen molar-refractivity contribution in [2.45, 2.75) is 24.4 Å². The van der Waals surface area contributed by atoms with E-state index in [1.54, 1.807) is 55.6 Å². The lowest BCUT2D eigenvalue weighted by atomic mass is 10.1. The zero-order valence-corrected chi connectivity index (χ0v) is 26.7. The Labute approximate surface area is 270 Å². The molecule has 236 valence electrons. The van der Waals surface area contributed by atoms with Crippen molar-refractivity contribution in [3.63, 3.8) is 0 Å². The molecule has 0 unspecified atom stereocenters. The van der Waals surface area contributed by atoms with E-state index in [0.717, 1.165) is 11.1 Å². The van der Waals surface area contributed by atoms with Crippen molar-refractivity contribution in [3.8, 4) is 11.5 Å². The minimum Gasteiger partial charge on any atom is -0.493 e. The van der Waals surface area contributed by atoms with Crippen LogP contribution in [0.2, 0.25) is 10.0 Å². The fourth-order valence-corrected chi connectivity index (χ4v) is 5.79. The molecule has 0 fully saturated rings. The lowest BCUT2D eigenvalue weighted by Gasteiger charge is -2.21. The summed E-state index contributed by atoms with van der Waals surface area (Å²) in [7, 11) is -0.880. The van der Waals surface area contributed by atoms with Gasteiger partial charge in [0, 0.05) is 23.1 Å². The summed E-state index contributed by atoms with van der Waals surface area (Å²) >= 11 is 12.0. The molecular weight excluding hydrogens is 643 g/mol. The van der Waals surface area contributed by atoms with Crippen LogP contribution in [0.3, 0.4) is 0 Å². The van der Waals surface area contributed by atoms with E-state index in [1.165, 1.54) is 41.9 Å². The van der Waals surface area contributed by atoms with Crippen LogP contribution >= 0.6 is 23.2 Å². The molecule has 0 saturated heterocycles. The number of sulfonamides is 1. The molecule has 4 aromatic rings. The van der Waals surface area contributed by atoms with Crippen molar-refractivity contribution in [1.82, 2.24) is 15.0 Å². The maximum Gasteiger partial charge on any atom is 0.329 e. The monoisotopic (exact) mass is 672 g/mol. The number of rotatable bonds is 13. The Morgan fingerprint density at radius 3 is 2.16 bits per heavy atom. The molecule has 1 heterocycles. The van der Waals surface area contributed by atoms with E-state index in [0.29, 0.717) is 33.7 Å². The molecule has 3 aromatic carbocycles. The first-order valence-corrected chi connectivity index (χ1v) is 15.7. The maximum atomic E-state index is 13.5. The van der Waals surface area contributed by atoms with Gasteiger partial charge in [0.15, 0.2) is 11.5 Å². The molecule has 2 amide bonds. The van der Waals surface area contributed by atoms with Gasteiger partial charge in [0.2, 0.25) is 10.0 Å². The highest BCUT2D eigenvalue weighted by Gasteiger charge is 2.26. The standard InChI is InChI=1S/C31H30Cl2N4O7S/c1-42-28-14-5-21(17-29(28)43-2)15-16-34-30(38)31(39)36-35-18-25-10-11-26(44-25)20-37(19-22-3-6-23(32)7-4-22)45(40,41)27-12-8-24(33)9-13-27/h3-14,17-18H,15-16,19-20H2,1-2H3,(H,34,38)(H,36,39)/b35-18+. The van der Waals surface area contributed by atoms with E-state index in [4.69, 9.17) is 37.1 Å². The molecule has 0 aliphatic carbocycles. The van der Waals surface area contributed by atoms with Crippen molar-refractivity contribution in [2.24, 2.45) is 5.10 Å². The second-order valence-corrected chi connectivity index (χ2v) is 12.4. The van der Waals surface area contributed by atoms with Gasteiger partial charge in [-0.1, -0.05) is 41.4 Å². The summed E-state index contributed by atoms with van der Waals surface area (Å²) in [5, 5.41) is 7.24. The third-order valence-corrected chi connectivity index (χ3v) is 8.76. The lowest BCUT2D eigenvalue weighted by molar-refractivity contribution is -0.139. The number of amides is 2. The highest BCUT2D eigenvalue weighted by atomic mass is 35.5. The first-order chi connectivity index (χ1) is 21.6. The third-order valence-electron chi connectivity index (χ3n) is 6.45.